The third-order valence-corrected chi connectivity index (χ3v) is 13.5. The molecule has 66 heavy (non-hydrogen) atoms. The lowest BCUT2D eigenvalue weighted by Crippen LogP contribution is -2.12. The number of anilines is 3. The normalized spacial score (nSPS) is 12.1. The Morgan fingerprint density at radius 1 is 0.333 bits per heavy atom. The molecule has 2 heteroatoms. The highest BCUT2D eigenvalue weighted by atomic mass is 15.1. The van der Waals surface area contributed by atoms with Gasteiger partial charge < -0.3 is 9.47 Å². The summed E-state index contributed by atoms with van der Waals surface area (Å²) in [6.07, 6.45) is 0. The first-order chi connectivity index (χ1) is 32.0. The predicted molar refractivity (Wildman–Crippen MR) is 284 cm³/mol. The van der Waals surface area contributed by atoms with Gasteiger partial charge in [0.1, 0.15) is 0 Å². The quantitative estimate of drug-likeness (QED) is 0.145. The fourth-order valence-corrected chi connectivity index (χ4v) is 9.81. The summed E-state index contributed by atoms with van der Waals surface area (Å²) in [5, 5.41) is 7.52. The lowest BCUT2D eigenvalue weighted by Gasteiger charge is -2.27. The van der Waals surface area contributed by atoms with Crippen molar-refractivity contribution in [3.63, 3.8) is 0 Å². The van der Waals surface area contributed by atoms with E-state index in [0.29, 0.717) is 0 Å². The molecule has 0 atom stereocenters. The van der Waals surface area contributed by atoms with E-state index in [9.17, 15) is 0 Å². The van der Waals surface area contributed by atoms with E-state index in [0.717, 1.165) is 17.1 Å². The molecule has 0 aliphatic heterocycles. The van der Waals surface area contributed by atoms with E-state index in [-0.39, 0.29) is 10.8 Å². The Morgan fingerprint density at radius 2 is 0.864 bits per heavy atom. The Hall–Kier alpha value is -7.68. The third-order valence-electron chi connectivity index (χ3n) is 13.5. The standard InChI is InChI=1S/C64H54N2/c1-63(2,3)50-32-36-58-60(41-50)66(52-20-11-8-12-21-52)61-42-51(64(4,5)6)40-59(62(58)61)48-19-15-22-54(38-48)65(55-35-37-57-49(39-55)29-28-47-18-13-14-23-56(47)57)53-33-30-46(31-34-53)45-26-24-44(25-27-45)43-16-9-7-10-17-43/h7-42H,1-6H3. The molecule has 0 aliphatic carbocycles. The molecule has 0 unspecified atom stereocenters. The second-order valence-electron chi connectivity index (χ2n) is 19.9. The Labute approximate surface area is 389 Å². The Bertz CT molecular complexity index is 3560. The van der Waals surface area contributed by atoms with Gasteiger partial charge in [-0.25, -0.2) is 0 Å². The molecule has 1 heterocycles. The van der Waals surface area contributed by atoms with Gasteiger partial charge in [0.15, 0.2) is 0 Å². The molecule has 11 rings (SSSR count). The predicted octanol–water partition coefficient (Wildman–Crippen LogP) is 18.2. The SMILES string of the molecule is CC(C)(C)c1ccc2c3c(-c4cccc(N(c5ccc(-c6ccc(-c7ccccc7)cc6)cc5)c5ccc6c(ccc7ccccc76)c5)c4)cc(C(C)(C)C)cc3n(-c3ccccc3)c2c1. The van der Waals surface area contributed by atoms with Gasteiger partial charge in [0.2, 0.25) is 0 Å². The first-order valence-corrected chi connectivity index (χ1v) is 23.2. The van der Waals surface area contributed by atoms with Crippen molar-refractivity contribution in [3.8, 4) is 39.1 Å². The summed E-state index contributed by atoms with van der Waals surface area (Å²) < 4.78 is 2.49. The highest BCUT2D eigenvalue weighted by Gasteiger charge is 2.25. The second kappa shape index (κ2) is 16.1. The monoisotopic (exact) mass is 850 g/mol. The van der Waals surface area contributed by atoms with Crippen LogP contribution in [0.4, 0.5) is 17.1 Å². The molecule has 0 amide bonds. The van der Waals surface area contributed by atoms with Crippen LogP contribution in [0.3, 0.4) is 0 Å². The van der Waals surface area contributed by atoms with Crippen molar-refractivity contribution in [3.05, 3.63) is 230 Å². The van der Waals surface area contributed by atoms with Crippen molar-refractivity contribution < 1.29 is 0 Å². The van der Waals surface area contributed by atoms with E-state index >= 15 is 0 Å². The van der Waals surface area contributed by atoms with Crippen molar-refractivity contribution in [1.82, 2.24) is 4.57 Å². The van der Waals surface area contributed by atoms with Gasteiger partial charge in [-0.1, -0.05) is 193 Å². The number of para-hydroxylation sites is 1. The van der Waals surface area contributed by atoms with E-state index in [2.05, 4.69) is 269 Å². The maximum Gasteiger partial charge on any atom is 0.0550 e. The first kappa shape index (κ1) is 41.1. The van der Waals surface area contributed by atoms with Crippen LogP contribution in [-0.4, -0.2) is 4.57 Å². The molecular formula is C64H54N2. The number of hydrogen-bond acceptors (Lipinski definition) is 1. The van der Waals surface area contributed by atoms with Crippen molar-refractivity contribution >= 4 is 60.4 Å². The number of nitrogens with zero attached hydrogens (tertiary/aromatic N) is 2. The van der Waals surface area contributed by atoms with E-state index in [1.54, 1.807) is 0 Å². The lowest BCUT2D eigenvalue weighted by atomic mass is 9.83. The topological polar surface area (TPSA) is 8.17 Å². The molecule has 0 aliphatic rings. The van der Waals surface area contributed by atoms with Gasteiger partial charge in [0.05, 0.1) is 11.0 Å². The minimum atomic E-state index is -0.0833. The molecule has 2 nitrogen and oxygen atoms in total. The summed E-state index contributed by atoms with van der Waals surface area (Å²) >= 11 is 0. The Morgan fingerprint density at radius 3 is 1.56 bits per heavy atom. The number of aromatic nitrogens is 1. The fourth-order valence-electron chi connectivity index (χ4n) is 9.81. The fraction of sp³-hybridized carbons (Fsp3) is 0.125. The number of benzene rings is 10. The molecule has 320 valence electrons. The zero-order valence-corrected chi connectivity index (χ0v) is 38.7. The van der Waals surface area contributed by atoms with Gasteiger partial charge in [-0.15, -0.1) is 0 Å². The van der Waals surface area contributed by atoms with Crippen molar-refractivity contribution in [2.45, 2.75) is 52.4 Å². The molecule has 0 saturated heterocycles. The molecule has 0 fully saturated rings. The highest BCUT2D eigenvalue weighted by molar-refractivity contribution is 6.16. The molecule has 0 saturated carbocycles. The van der Waals surface area contributed by atoms with Gasteiger partial charge in [-0.05, 0) is 144 Å². The first-order valence-electron chi connectivity index (χ1n) is 23.2. The largest absolute Gasteiger partial charge is 0.310 e. The summed E-state index contributed by atoms with van der Waals surface area (Å²) in [4.78, 5) is 2.42. The molecule has 1 aromatic heterocycles. The Balaban J connectivity index is 1.10. The van der Waals surface area contributed by atoms with Crippen LogP contribution in [0.15, 0.2) is 218 Å². The lowest BCUT2D eigenvalue weighted by molar-refractivity contribution is 0.591. The highest BCUT2D eigenvalue weighted by Crippen LogP contribution is 2.45. The smallest absolute Gasteiger partial charge is 0.0550 e. The van der Waals surface area contributed by atoms with E-state index in [4.69, 9.17) is 0 Å². The van der Waals surface area contributed by atoms with Crippen LogP contribution >= 0.6 is 0 Å². The van der Waals surface area contributed by atoms with Crippen LogP contribution in [0, 0.1) is 0 Å². The van der Waals surface area contributed by atoms with E-state index in [1.165, 1.54) is 93.5 Å². The second-order valence-corrected chi connectivity index (χ2v) is 19.9. The van der Waals surface area contributed by atoms with Crippen LogP contribution in [0.25, 0.3) is 82.4 Å². The molecule has 11 aromatic rings. The molecule has 0 bridgehead atoms. The van der Waals surface area contributed by atoms with Crippen LogP contribution in [0.2, 0.25) is 0 Å². The summed E-state index contributed by atoms with van der Waals surface area (Å²) in [6.45, 7) is 13.9. The summed E-state index contributed by atoms with van der Waals surface area (Å²) in [5.74, 6) is 0. The van der Waals surface area contributed by atoms with Crippen molar-refractivity contribution in [1.29, 1.82) is 0 Å². The maximum atomic E-state index is 2.49. The number of fused-ring (bicyclic) bond motifs is 6. The Kier molecular flexibility index (Phi) is 10.0. The molecule has 0 radical (unpaired) electrons. The van der Waals surface area contributed by atoms with Gasteiger partial charge in [-0.3, -0.25) is 0 Å². The van der Waals surface area contributed by atoms with Gasteiger partial charge >= 0.3 is 0 Å². The molecule has 0 N–H and O–H groups in total. The average molecular weight is 851 g/mol. The molecule has 0 spiro atoms. The van der Waals surface area contributed by atoms with Gasteiger partial charge in [0, 0.05) is 33.5 Å². The van der Waals surface area contributed by atoms with E-state index < -0.39 is 0 Å². The van der Waals surface area contributed by atoms with Crippen LogP contribution in [0.1, 0.15) is 52.7 Å². The summed E-state index contributed by atoms with van der Waals surface area (Å²) in [7, 11) is 0. The summed E-state index contributed by atoms with van der Waals surface area (Å²) in [6, 6.07) is 80.8. The van der Waals surface area contributed by atoms with Crippen molar-refractivity contribution in [2.75, 3.05) is 4.90 Å². The van der Waals surface area contributed by atoms with Crippen LogP contribution in [-0.2, 0) is 10.8 Å². The minimum Gasteiger partial charge on any atom is -0.310 e. The zero-order chi connectivity index (χ0) is 45.2. The number of hydrogen-bond donors (Lipinski definition) is 0. The zero-order valence-electron chi connectivity index (χ0n) is 38.7. The van der Waals surface area contributed by atoms with E-state index in [1.807, 2.05) is 0 Å². The van der Waals surface area contributed by atoms with Gasteiger partial charge in [0.25, 0.3) is 0 Å². The molecular weight excluding hydrogens is 797 g/mol. The third kappa shape index (κ3) is 7.43. The van der Waals surface area contributed by atoms with Crippen LogP contribution < -0.4 is 4.90 Å². The maximum absolute atomic E-state index is 2.49. The van der Waals surface area contributed by atoms with Crippen molar-refractivity contribution in [2.24, 2.45) is 0 Å². The van der Waals surface area contributed by atoms with Crippen LogP contribution in [0.5, 0.6) is 0 Å². The average Bonchev–Trinajstić information content (AvgIpc) is 3.68. The van der Waals surface area contributed by atoms with Gasteiger partial charge in [-0.2, -0.15) is 0 Å². The molecule has 10 aromatic carbocycles. The minimum absolute atomic E-state index is 0.00438. The summed E-state index contributed by atoms with van der Waals surface area (Å²) in [5.41, 5.74) is 16.7. The number of rotatable bonds is 7.